The van der Waals surface area contributed by atoms with Crippen molar-refractivity contribution in [2.24, 2.45) is 0 Å². The lowest BCUT2D eigenvalue weighted by Gasteiger charge is -2.26. The van der Waals surface area contributed by atoms with Gasteiger partial charge in [-0.2, -0.15) is 17.5 Å². The normalized spacial score (nSPS) is 16.8. The molecule has 9 nitrogen and oxygen atoms in total. The summed E-state index contributed by atoms with van der Waals surface area (Å²) >= 11 is 0.693. The number of piperidine rings is 1. The molecule has 1 saturated heterocycles. The maximum absolute atomic E-state index is 12.8. The van der Waals surface area contributed by atoms with E-state index in [9.17, 15) is 26.4 Å². The number of hydrogen-bond donors (Lipinski definition) is 2. The molecular formula is C17H21F3N6O3S2. The molecule has 0 bridgehead atoms. The number of benzene rings is 1. The Kier molecular flexibility index (Phi) is 6.81. The van der Waals surface area contributed by atoms with Crippen LogP contribution < -0.4 is 11.2 Å². The monoisotopic (exact) mass is 478 g/mol. The lowest BCUT2D eigenvalue weighted by atomic mass is 10.2. The van der Waals surface area contributed by atoms with E-state index in [1.807, 2.05) is 0 Å². The number of anilines is 1. The number of carbonyl (C=O) groups excluding carboxylic acids is 1. The van der Waals surface area contributed by atoms with E-state index in [-0.39, 0.29) is 20.4 Å². The number of thioether (sulfide) groups is 1. The third kappa shape index (κ3) is 5.30. The summed E-state index contributed by atoms with van der Waals surface area (Å²) in [4.78, 5) is 12.5. The Morgan fingerprint density at radius 2 is 1.90 bits per heavy atom. The van der Waals surface area contributed by atoms with E-state index in [0.717, 1.165) is 19.3 Å². The number of nitrogens with two attached hydrogens (primary N) is 1. The van der Waals surface area contributed by atoms with E-state index in [1.165, 1.54) is 35.5 Å². The molecule has 1 atom stereocenters. The molecule has 14 heteroatoms. The van der Waals surface area contributed by atoms with Crippen molar-refractivity contribution in [3.8, 4) is 0 Å². The van der Waals surface area contributed by atoms with Crippen molar-refractivity contribution in [1.82, 2.24) is 19.2 Å². The van der Waals surface area contributed by atoms with Crippen molar-refractivity contribution in [3.05, 3.63) is 30.1 Å². The van der Waals surface area contributed by atoms with Crippen LogP contribution in [0.5, 0.6) is 0 Å². The third-order valence-electron chi connectivity index (χ3n) is 4.62. The molecule has 1 unspecified atom stereocenters. The Morgan fingerprint density at radius 1 is 1.23 bits per heavy atom. The Hall–Kier alpha value is -2.32. The molecular weight excluding hydrogens is 457 g/mol. The number of rotatable bonds is 6. The highest BCUT2D eigenvalue weighted by Crippen LogP contribution is 2.30. The van der Waals surface area contributed by atoms with Crippen LogP contribution in [0, 0.1) is 0 Å². The Morgan fingerprint density at radius 3 is 2.52 bits per heavy atom. The molecule has 0 aliphatic carbocycles. The topological polar surface area (TPSA) is 123 Å². The summed E-state index contributed by atoms with van der Waals surface area (Å²) in [5.41, 5.74) is 0.251. The minimum atomic E-state index is -4.77. The molecule has 1 aliphatic heterocycles. The highest BCUT2D eigenvalue weighted by atomic mass is 32.2. The zero-order valence-electron chi connectivity index (χ0n) is 16.5. The van der Waals surface area contributed by atoms with Crippen molar-refractivity contribution in [3.63, 3.8) is 0 Å². The number of nitrogens with zero attached hydrogens (tertiary/aromatic N) is 4. The first-order chi connectivity index (χ1) is 14.5. The summed E-state index contributed by atoms with van der Waals surface area (Å²) in [6.07, 6.45) is -2.19. The molecule has 1 aromatic heterocycles. The number of carbonyl (C=O) groups is 1. The van der Waals surface area contributed by atoms with E-state index in [4.69, 9.17) is 5.84 Å². The van der Waals surface area contributed by atoms with Crippen molar-refractivity contribution in [2.45, 2.75) is 47.7 Å². The SMILES string of the molecule is CC(Sc1nnc(C(F)(F)F)n1N)C(=O)Nc1cccc(S(=O)(=O)N2CCCCC2)c1. The lowest BCUT2D eigenvalue weighted by molar-refractivity contribution is -0.146. The van der Waals surface area contributed by atoms with Gasteiger partial charge in [0.1, 0.15) is 0 Å². The van der Waals surface area contributed by atoms with E-state index >= 15 is 0 Å². The van der Waals surface area contributed by atoms with Gasteiger partial charge >= 0.3 is 6.18 Å². The van der Waals surface area contributed by atoms with Gasteiger partial charge in [-0.25, -0.2) is 13.1 Å². The van der Waals surface area contributed by atoms with Crippen LogP contribution in [0.3, 0.4) is 0 Å². The van der Waals surface area contributed by atoms with Crippen LogP contribution in [0.4, 0.5) is 18.9 Å². The fourth-order valence-electron chi connectivity index (χ4n) is 2.99. The number of hydrogen-bond acceptors (Lipinski definition) is 7. The van der Waals surface area contributed by atoms with Gasteiger partial charge in [0.25, 0.3) is 5.82 Å². The zero-order chi connectivity index (χ0) is 22.8. The molecule has 0 spiro atoms. The van der Waals surface area contributed by atoms with Gasteiger partial charge in [0.05, 0.1) is 10.1 Å². The molecule has 2 aromatic rings. The number of aromatic nitrogens is 3. The maximum Gasteiger partial charge on any atom is 0.453 e. The van der Waals surface area contributed by atoms with Gasteiger partial charge in [0, 0.05) is 18.8 Å². The molecule has 1 fully saturated rings. The number of alkyl halides is 3. The molecule has 0 saturated carbocycles. The molecule has 31 heavy (non-hydrogen) atoms. The van der Waals surface area contributed by atoms with Crippen LogP contribution in [0.15, 0.2) is 34.3 Å². The Labute approximate surface area is 181 Å². The molecule has 1 aromatic carbocycles. The Balaban J connectivity index is 1.69. The van der Waals surface area contributed by atoms with Crippen molar-refractivity contribution in [2.75, 3.05) is 24.2 Å². The summed E-state index contributed by atoms with van der Waals surface area (Å²) in [5, 5.41) is 7.79. The van der Waals surface area contributed by atoms with Crippen LogP contribution in [0.25, 0.3) is 0 Å². The molecule has 2 heterocycles. The maximum atomic E-state index is 12.8. The second-order valence-electron chi connectivity index (χ2n) is 6.92. The van der Waals surface area contributed by atoms with Gasteiger partial charge in [-0.15, -0.1) is 10.2 Å². The number of nitrogen functional groups attached to an aromatic ring is 1. The van der Waals surface area contributed by atoms with E-state index in [0.29, 0.717) is 24.9 Å². The molecule has 170 valence electrons. The summed E-state index contributed by atoms with van der Waals surface area (Å²) < 4.78 is 65.6. The first-order valence-corrected chi connectivity index (χ1v) is 11.7. The second-order valence-corrected chi connectivity index (χ2v) is 10.2. The van der Waals surface area contributed by atoms with Crippen LogP contribution >= 0.6 is 11.8 Å². The van der Waals surface area contributed by atoms with E-state index in [1.54, 1.807) is 0 Å². The minimum Gasteiger partial charge on any atom is -0.335 e. The van der Waals surface area contributed by atoms with Gasteiger partial charge < -0.3 is 11.2 Å². The number of amides is 1. The van der Waals surface area contributed by atoms with Crippen molar-refractivity contribution >= 4 is 33.4 Å². The van der Waals surface area contributed by atoms with Crippen LogP contribution in [0.2, 0.25) is 0 Å². The van der Waals surface area contributed by atoms with Crippen molar-refractivity contribution in [1.29, 1.82) is 0 Å². The lowest BCUT2D eigenvalue weighted by Crippen LogP contribution is -2.35. The highest BCUT2D eigenvalue weighted by Gasteiger charge is 2.38. The molecule has 0 radical (unpaired) electrons. The number of halogens is 3. The van der Waals surface area contributed by atoms with Gasteiger partial charge in [0.2, 0.25) is 21.1 Å². The minimum absolute atomic E-state index is 0.0593. The van der Waals surface area contributed by atoms with Gasteiger partial charge in [-0.1, -0.05) is 24.2 Å². The molecule has 1 aliphatic rings. The second kappa shape index (κ2) is 9.04. The molecule has 3 rings (SSSR count). The van der Waals surface area contributed by atoms with Gasteiger partial charge in [0.15, 0.2) is 0 Å². The number of nitrogens with one attached hydrogen (secondary N) is 1. The van der Waals surface area contributed by atoms with Gasteiger partial charge in [-0.3, -0.25) is 4.79 Å². The predicted octanol–water partition coefficient (Wildman–Crippen LogP) is 2.30. The van der Waals surface area contributed by atoms with Crippen LogP contribution in [-0.4, -0.2) is 51.8 Å². The quantitative estimate of drug-likeness (QED) is 0.482. The Bertz CT molecular complexity index is 1050. The summed E-state index contributed by atoms with van der Waals surface area (Å²) in [5.74, 6) is 3.44. The summed E-state index contributed by atoms with van der Waals surface area (Å²) in [7, 11) is -3.67. The van der Waals surface area contributed by atoms with Crippen LogP contribution in [-0.2, 0) is 21.0 Å². The standard InChI is InChI=1S/C17H21F3N6O3S2/c1-11(30-16-24-23-15(26(16)21)17(18,19)20)14(27)22-12-6-5-7-13(10-12)31(28,29)25-8-3-2-4-9-25/h5-7,10-11H,2-4,8-9,21H2,1H3,(H,22,27). The van der Waals surface area contributed by atoms with Crippen LogP contribution in [0.1, 0.15) is 32.0 Å². The fourth-order valence-corrected chi connectivity index (χ4v) is 5.33. The predicted molar refractivity (Wildman–Crippen MR) is 108 cm³/mol. The van der Waals surface area contributed by atoms with Gasteiger partial charge in [-0.05, 0) is 38.0 Å². The molecule has 1 amide bonds. The average Bonchev–Trinajstić information content (AvgIpc) is 3.09. The number of sulfonamides is 1. The average molecular weight is 479 g/mol. The van der Waals surface area contributed by atoms with Crippen molar-refractivity contribution < 1.29 is 26.4 Å². The first-order valence-electron chi connectivity index (χ1n) is 9.35. The first kappa shape index (κ1) is 23.3. The molecule has 3 N–H and O–H groups in total. The highest BCUT2D eigenvalue weighted by molar-refractivity contribution is 8.00. The zero-order valence-corrected chi connectivity index (χ0v) is 18.1. The fraction of sp³-hybridized carbons (Fsp3) is 0.471. The summed E-state index contributed by atoms with van der Waals surface area (Å²) in [6, 6.07) is 5.84. The van der Waals surface area contributed by atoms with E-state index in [2.05, 4.69) is 15.5 Å². The van der Waals surface area contributed by atoms with E-state index < -0.39 is 33.2 Å². The smallest absolute Gasteiger partial charge is 0.335 e. The third-order valence-corrected chi connectivity index (χ3v) is 7.58. The summed E-state index contributed by atoms with van der Waals surface area (Å²) in [6.45, 7) is 2.36. The largest absolute Gasteiger partial charge is 0.453 e.